The number of carbonyl (C=O) groups is 1. The van der Waals surface area contributed by atoms with Crippen LogP contribution >= 0.6 is 39.1 Å². The molecule has 0 aliphatic heterocycles. The highest BCUT2D eigenvalue weighted by molar-refractivity contribution is 9.10. The first-order valence-corrected chi connectivity index (χ1v) is 14.7. The second-order valence-electron chi connectivity index (χ2n) is 9.70. The number of nitrogens with zero attached hydrogens (tertiary/aromatic N) is 3. The normalized spacial score (nSPS) is 14.0. The van der Waals surface area contributed by atoms with Gasteiger partial charge in [0.2, 0.25) is 0 Å². The van der Waals surface area contributed by atoms with E-state index in [1.165, 1.54) is 24.4 Å². The summed E-state index contributed by atoms with van der Waals surface area (Å²) in [5.74, 6) is 0.934. The fourth-order valence-electron chi connectivity index (χ4n) is 4.88. The van der Waals surface area contributed by atoms with Crippen LogP contribution in [0, 0.1) is 0 Å². The molecule has 212 valence electrons. The summed E-state index contributed by atoms with van der Waals surface area (Å²) in [7, 11) is 1.48. The number of anilines is 1. The minimum Gasteiger partial charge on any atom is -0.493 e. The Morgan fingerprint density at radius 2 is 1.85 bits per heavy atom. The molecule has 5 rings (SSSR count). The molecule has 11 heteroatoms. The molecular formula is C30H27BrCl2N4O4. The van der Waals surface area contributed by atoms with Gasteiger partial charge in [0.25, 0.3) is 11.5 Å². The number of fused-ring (bicyclic) bond motifs is 1. The van der Waals surface area contributed by atoms with E-state index < -0.39 is 0 Å². The highest BCUT2D eigenvalue weighted by Gasteiger charge is 2.23. The van der Waals surface area contributed by atoms with Crippen molar-refractivity contribution >= 4 is 67.8 Å². The first-order chi connectivity index (χ1) is 19.8. The van der Waals surface area contributed by atoms with Crippen LogP contribution in [-0.2, 0) is 4.79 Å². The SMILES string of the molecule is COc1cc(Cl)cc(C=Nn2c(C3CCCCC3)nc3ccc(Br)cc3c2=O)c1OCC(=O)Nc1ccc(Cl)cc1. The van der Waals surface area contributed by atoms with Gasteiger partial charge in [0.1, 0.15) is 5.82 Å². The van der Waals surface area contributed by atoms with Crippen LogP contribution in [0.15, 0.2) is 69.0 Å². The quantitative estimate of drug-likeness (QED) is 0.199. The largest absolute Gasteiger partial charge is 0.493 e. The van der Waals surface area contributed by atoms with Gasteiger partial charge >= 0.3 is 0 Å². The van der Waals surface area contributed by atoms with Crippen molar-refractivity contribution in [2.24, 2.45) is 5.10 Å². The lowest BCUT2D eigenvalue weighted by Gasteiger charge is -2.23. The van der Waals surface area contributed by atoms with E-state index in [2.05, 4.69) is 26.3 Å². The first kappa shape index (κ1) is 29.1. The number of methoxy groups -OCH3 is 1. The van der Waals surface area contributed by atoms with Crippen molar-refractivity contribution in [3.63, 3.8) is 0 Å². The molecule has 0 spiro atoms. The average molecular weight is 658 g/mol. The minimum absolute atomic E-state index is 0.114. The van der Waals surface area contributed by atoms with Gasteiger partial charge in [-0.2, -0.15) is 9.78 Å². The number of hydrogen-bond acceptors (Lipinski definition) is 6. The fraction of sp³-hybridized carbons (Fsp3) is 0.267. The summed E-state index contributed by atoms with van der Waals surface area (Å²) in [5.41, 5.74) is 1.37. The maximum absolute atomic E-state index is 13.7. The zero-order valence-electron chi connectivity index (χ0n) is 22.2. The zero-order chi connectivity index (χ0) is 28.9. The van der Waals surface area contributed by atoms with Gasteiger partial charge in [0.05, 0.1) is 24.2 Å². The monoisotopic (exact) mass is 656 g/mol. The molecule has 0 unspecified atom stereocenters. The molecule has 41 heavy (non-hydrogen) atoms. The Kier molecular flexibility index (Phi) is 9.27. The predicted octanol–water partition coefficient (Wildman–Crippen LogP) is 7.42. The van der Waals surface area contributed by atoms with E-state index in [4.69, 9.17) is 37.7 Å². The summed E-state index contributed by atoms with van der Waals surface area (Å²) in [6.07, 6.45) is 6.67. The summed E-state index contributed by atoms with van der Waals surface area (Å²) in [4.78, 5) is 31.2. The number of halogens is 3. The molecule has 0 bridgehead atoms. The molecule has 1 aliphatic carbocycles. The maximum atomic E-state index is 13.7. The Morgan fingerprint density at radius 1 is 1.10 bits per heavy atom. The number of rotatable bonds is 8. The third-order valence-electron chi connectivity index (χ3n) is 6.86. The molecule has 0 saturated heterocycles. The highest BCUT2D eigenvalue weighted by Crippen LogP contribution is 2.35. The molecule has 1 aromatic heterocycles. The molecule has 1 saturated carbocycles. The molecule has 4 aromatic rings. The molecule has 3 aromatic carbocycles. The van der Waals surface area contributed by atoms with Gasteiger partial charge in [0.15, 0.2) is 18.1 Å². The van der Waals surface area contributed by atoms with Crippen LogP contribution in [-0.4, -0.2) is 35.5 Å². The van der Waals surface area contributed by atoms with Crippen molar-refractivity contribution in [3.05, 3.63) is 90.9 Å². The van der Waals surface area contributed by atoms with Crippen molar-refractivity contribution in [2.45, 2.75) is 38.0 Å². The van der Waals surface area contributed by atoms with Crippen LogP contribution in [0.2, 0.25) is 10.0 Å². The maximum Gasteiger partial charge on any atom is 0.282 e. The number of nitrogens with one attached hydrogen (secondary N) is 1. The number of benzene rings is 3. The number of amides is 1. The van der Waals surface area contributed by atoms with E-state index in [-0.39, 0.29) is 29.7 Å². The van der Waals surface area contributed by atoms with Crippen molar-refractivity contribution < 1.29 is 14.3 Å². The molecule has 0 radical (unpaired) electrons. The Balaban J connectivity index is 1.50. The second kappa shape index (κ2) is 13.1. The lowest BCUT2D eigenvalue weighted by Crippen LogP contribution is -2.25. The predicted molar refractivity (Wildman–Crippen MR) is 166 cm³/mol. The highest BCUT2D eigenvalue weighted by atomic mass is 79.9. The summed E-state index contributed by atoms with van der Waals surface area (Å²) in [5, 5.41) is 8.76. The number of hydrogen-bond donors (Lipinski definition) is 1. The van der Waals surface area contributed by atoms with Crippen LogP contribution in [0.4, 0.5) is 5.69 Å². The fourth-order valence-corrected chi connectivity index (χ4v) is 5.59. The Hall–Kier alpha value is -3.40. The van der Waals surface area contributed by atoms with Gasteiger partial charge in [0, 0.05) is 37.8 Å². The van der Waals surface area contributed by atoms with Crippen LogP contribution < -0.4 is 20.3 Å². The van der Waals surface area contributed by atoms with E-state index >= 15 is 0 Å². The smallest absolute Gasteiger partial charge is 0.282 e. The number of aromatic nitrogens is 2. The van der Waals surface area contributed by atoms with E-state index in [1.807, 2.05) is 12.1 Å². The van der Waals surface area contributed by atoms with Crippen molar-refractivity contribution in [1.29, 1.82) is 0 Å². The standard InChI is InChI=1S/C30H27BrCl2N4O4/c1-40-26-15-22(33)13-19(28(26)41-17-27(38)35-23-10-8-21(32)9-11-23)16-34-37-29(18-5-3-2-4-6-18)36-25-12-7-20(31)14-24(25)30(37)39/h7-16,18H,2-6,17H2,1H3,(H,35,38). The van der Waals surface area contributed by atoms with Crippen LogP contribution in [0.3, 0.4) is 0 Å². The van der Waals surface area contributed by atoms with Crippen LogP contribution in [0.25, 0.3) is 10.9 Å². The van der Waals surface area contributed by atoms with Crippen molar-refractivity contribution in [2.75, 3.05) is 19.0 Å². The molecule has 1 amide bonds. The van der Waals surface area contributed by atoms with Gasteiger partial charge in [-0.3, -0.25) is 9.59 Å². The molecule has 0 atom stereocenters. The van der Waals surface area contributed by atoms with Crippen molar-refractivity contribution in [1.82, 2.24) is 9.66 Å². The lowest BCUT2D eigenvalue weighted by atomic mass is 9.88. The van der Waals surface area contributed by atoms with Crippen LogP contribution in [0.1, 0.15) is 49.4 Å². The Morgan fingerprint density at radius 3 is 2.59 bits per heavy atom. The summed E-state index contributed by atoms with van der Waals surface area (Å²) in [6.45, 7) is -0.305. The van der Waals surface area contributed by atoms with Crippen LogP contribution in [0.5, 0.6) is 11.5 Å². The summed E-state index contributed by atoms with van der Waals surface area (Å²) in [6, 6.07) is 15.4. The second-order valence-corrected chi connectivity index (χ2v) is 11.5. The van der Waals surface area contributed by atoms with Gasteiger partial charge < -0.3 is 14.8 Å². The first-order valence-electron chi connectivity index (χ1n) is 13.1. The third-order valence-corrected chi connectivity index (χ3v) is 7.82. The zero-order valence-corrected chi connectivity index (χ0v) is 25.3. The third kappa shape index (κ3) is 6.92. The van der Waals surface area contributed by atoms with Gasteiger partial charge in [-0.25, -0.2) is 4.98 Å². The summed E-state index contributed by atoms with van der Waals surface area (Å²) < 4.78 is 13.5. The van der Waals surface area contributed by atoms with Gasteiger partial charge in [-0.05, 0) is 61.4 Å². The number of carbonyl (C=O) groups excluding carboxylic acids is 1. The van der Waals surface area contributed by atoms with Gasteiger partial charge in [-0.15, -0.1) is 0 Å². The molecule has 1 fully saturated rings. The topological polar surface area (TPSA) is 94.8 Å². The Bertz CT molecular complexity index is 1670. The molecule has 1 aliphatic rings. The van der Waals surface area contributed by atoms with E-state index in [0.29, 0.717) is 43.8 Å². The molecule has 8 nitrogen and oxygen atoms in total. The molecule has 1 heterocycles. The van der Waals surface area contributed by atoms with E-state index in [0.717, 1.165) is 30.2 Å². The van der Waals surface area contributed by atoms with Gasteiger partial charge in [-0.1, -0.05) is 58.4 Å². The number of ether oxygens (including phenoxy) is 2. The van der Waals surface area contributed by atoms with Crippen molar-refractivity contribution in [3.8, 4) is 11.5 Å². The van der Waals surface area contributed by atoms with E-state index in [1.54, 1.807) is 42.5 Å². The Labute approximate surface area is 255 Å². The average Bonchev–Trinajstić information content (AvgIpc) is 2.97. The molecule has 1 N–H and O–H groups in total. The molecular weight excluding hydrogens is 631 g/mol. The van der Waals surface area contributed by atoms with E-state index in [9.17, 15) is 9.59 Å². The summed E-state index contributed by atoms with van der Waals surface area (Å²) >= 11 is 15.7. The minimum atomic E-state index is -0.382. The lowest BCUT2D eigenvalue weighted by molar-refractivity contribution is -0.118.